The molecule has 0 saturated heterocycles. The van der Waals surface area contributed by atoms with Gasteiger partial charge in [-0.05, 0) is 60.7 Å². The number of esters is 1. The van der Waals surface area contributed by atoms with Crippen molar-refractivity contribution in [2.45, 2.75) is 40.0 Å². The van der Waals surface area contributed by atoms with Gasteiger partial charge in [0, 0.05) is 19.0 Å². The molecule has 1 heterocycles. The molecule has 30 heavy (non-hydrogen) atoms. The van der Waals surface area contributed by atoms with Gasteiger partial charge in [-0.25, -0.2) is 0 Å². The highest BCUT2D eigenvalue weighted by molar-refractivity contribution is 6.12. The van der Waals surface area contributed by atoms with Crippen molar-refractivity contribution in [3.05, 3.63) is 59.2 Å². The van der Waals surface area contributed by atoms with Crippen LogP contribution in [-0.4, -0.2) is 31.4 Å². The SMILES string of the molecule is CCCOc1cc2c(cc1OCCC)C(C=Cc1ccc(OC(C)=O)cc1)=NCC2. The molecule has 2 aromatic carbocycles. The van der Waals surface area contributed by atoms with E-state index in [0.717, 1.165) is 54.1 Å². The number of allylic oxidation sites excluding steroid dienone is 1. The minimum Gasteiger partial charge on any atom is -0.490 e. The number of benzene rings is 2. The third-order valence-electron chi connectivity index (χ3n) is 4.61. The van der Waals surface area contributed by atoms with Crippen LogP contribution < -0.4 is 14.2 Å². The molecule has 2 aromatic rings. The fourth-order valence-corrected chi connectivity index (χ4v) is 3.21. The van der Waals surface area contributed by atoms with Gasteiger partial charge in [0.05, 0.1) is 18.9 Å². The van der Waals surface area contributed by atoms with Crippen LogP contribution in [0, 0.1) is 0 Å². The molecule has 0 radical (unpaired) electrons. The molecule has 1 aliphatic heterocycles. The lowest BCUT2D eigenvalue weighted by Gasteiger charge is -2.20. The van der Waals surface area contributed by atoms with E-state index in [0.29, 0.717) is 19.0 Å². The Labute approximate surface area is 178 Å². The first kappa shape index (κ1) is 21.6. The highest BCUT2D eigenvalue weighted by atomic mass is 16.5. The van der Waals surface area contributed by atoms with Crippen LogP contribution in [0.2, 0.25) is 0 Å². The maximum Gasteiger partial charge on any atom is 0.308 e. The fourth-order valence-electron chi connectivity index (χ4n) is 3.21. The number of rotatable bonds is 9. The molecule has 158 valence electrons. The molecular formula is C25H29NO4. The number of hydrogen-bond acceptors (Lipinski definition) is 5. The van der Waals surface area contributed by atoms with Crippen LogP contribution in [0.15, 0.2) is 47.5 Å². The first-order valence-electron chi connectivity index (χ1n) is 10.5. The van der Waals surface area contributed by atoms with E-state index in [-0.39, 0.29) is 5.97 Å². The number of ether oxygens (including phenoxy) is 3. The Balaban J connectivity index is 1.83. The van der Waals surface area contributed by atoms with E-state index < -0.39 is 0 Å². The minimum absolute atomic E-state index is 0.324. The highest BCUT2D eigenvalue weighted by Crippen LogP contribution is 2.33. The largest absolute Gasteiger partial charge is 0.490 e. The molecule has 0 atom stereocenters. The molecular weight excluding hydrogens is 378 g/mol. The third-order valence-corrected chi connectivity index (χ3v) is 4.61. The van der Waals surface area contributed by atoms with Crippen molar-refractivity contribution in [3.8, 4) is 17.2 Å². The molecule has 5 heteroatoms. The molecule has 0 N–H and O–H groups in total. The van der Waals surface area contributed by atoms with E-state index in [2.05, 4.69) is 26.0 Å². The fraction of sp³-hybridized carbons (Fsp3) is 0.360. The zero-order valence-electron chi connectivity index (χ0n) is 17.9. The Morgan fingerprint density at radius 3 is 2.30 bits per heavy atom. The second kappa shape index (κ2) is 10.6. The molecule has 0 saturated carbocycles. The summed E-state index contributed by atoms with van der Waals surface area (Å²) in [5, 5.41) is 0. The monoisotopic (exact) mass is 407 g/mol. The number of carbonyl (C=O) groups excluding carboxylic acids is 1. The molecule has 3 rings (SSSR count). The topological polar surface area (TPSA) is 57.1 Å². The van der Waals surface area contributed by atoms with E-state index in [9.17, 15) is 4.79 Å². The van der Waals surface area contributed by atoms with Gasteiger partial charge in [0.1, 0.15) is 5.75 Å². The molecule has 5 nitrogen and oxygen atoms in total. The molecule has 0 unspecified atom stereocenters. The number of hydrogen-bond donors (Lipinski definition) is 0. The Hall–Kier alpha value is -3.08. The van der Waals surface area contributed by atoms with Crippen LogP contribution in [0.5, 0.6) is 17.2 Å². The predicted octanol–water partition coefficient (Wildman–Crippen LogP) is 5.25. The lowest BCUT2D eigenvalue weighted by Crippen LogP contribution is -2.12. The summed E-state index contributed by atoms with van der Waals surface area (Å²) < 4.78 is 17.0. The average molecular weight is 408 g/mol. The average Bonchev–Trinajstić information content (AvgIpc) is 2.75. The Morgan fingerprint density at radius 1 is 1.00 bits per heavy atom. The summed E-state index contributed by atoms with van der Waals surface area (Å²) in [5.74, 6) is 1.81. The Kier molecular flexibility index (Phi) is 7.66. The molecule has 0 aliphatic carbocycles. The van der Waals surface area contributed by atoms with Gasteiger partial charge in [0.25, 0.3) is 0 Å². The first-order chi connectivity index (χ1) is 14.6. The summed E-state index contributed by atoms with van der Waals surface area (Å²) in [6.45, 7) is 7.65. The third kappa shape index (κ3) is 5.72. The van der Waals surface area contributed by atoms with Crippen molar-refractivity contribution in [3.63, 3.8) is 0 Å². The lowest BCUT2D eigenvalue weighted by molar-refractivity contribution is -0.131. The predicted molar refractivity (Wildman–Crippen MR) is 120 cm³/mol. The van der Waals surface area contributed by atoms with Crippen LogP contribution in [0.1, 0.15) is 50.3 Å². The summed E-state index contributed by atoms with van der Waals surface area (Å²) in [7, 11) is 0. The molecule has 0 fully saturated rings. The van der Waals surface area contributed by atoms with Crippen molar-refractivity contribution in [1.82, 2.24) is 0 Å². The summed E-state index contributed by atoms with van der Waals surface area (Å²) >= 11 is 0. The van der Waals surface area contributed by atoms with Gasteiger partial charge in [-0.3, -0.25) is 9.79 Å². The zero-order valence-corrected chi connectivity index (χ0v) is 17.9. The number of nitrogens with zero attached hydrogens (tertiary/aromatic N) is 1. The lowest BCUT2D eigenvalue weighted by atomic mass is 9.96. The van der Waals surface area contributed by atoms with Crippen LogP contribution in [0.3, 0.4) is 0 Å². The van der Waals surface area contributed by atoms with Gasteiger partial charge in [-0.1, -0.05) is 32.1 Å². The van der Waals surface area contributed by atoms with E-state index in [1.807, 2.05) is 24.3 Å². The van der Waals surface area contributed by atoms with E-state index in [1.165, 1.54) is 12.5 Å². The second-order valence-corrected chi connectivity index (χ2v) is 7.17. The summed E-state index contributed by atoms with van der Waals surface area (Å²) in [6.07, 6.45) is 6.82. The highest BCUT2D eigenvalue weighted by Gasteiger charge is 2.17. The summed E-state index contributed by atoms with van der Waals surface area (Å²) in [6, 6.07) is 11.6. The molecule has 0 aromatic heterocycles. The number of fused-ring (bicyclic) bond motifs is 1. The van der Waals surface area contributed by atoms with Gasteiger partial charge in [-0.15, -0.1) is 0 Å². The van der Waals surface area contributed by atoms with Gasteiger partial charge in [0.15, 0.2) is 11.5 Å². The van der Waals surface area contributed by atoms with E-state index in [1.54, 1.807) is 12.1 Å². The smallest absolute Gasteiger partial charge is 0.308 e. The van der Waals surface area contributed by atoms with Crippen LogP contribution in [0.25, 0.3) is 6.08 Å². The van der Waals surface area contributed by atoms with Crippen molar-refractivity contribution < 1.29 is 19.0 Å². The maximum absolute atomic E-state index is 11.1. The van der Waals surface area contributed by atoms with Crippen molar-refractivity contribution in [2.24, 2.45) is 4.99 Å². The van der Waals surface area contributed by atoms with Gasteiger partial charge in [-0.2, -0.15) is 0 Å². The second-order valence-electron chi connectivity index (χ2n) is 7.17. The van der Waals surface area contributed by atoms with Gasteiger partial charge in [0.2, 0.25) is 0 Å². The van der Waals surface area contributed by atoms with Gasteiger partial charge < -0.3 is 14.2 Å². The number of carbonyl (C=O) groups is 1. The van der Waals surface area contributed by atoms with Crippen LogP contribution in [-0.2, 0) is 11.2 Å². The van der Waals surface area contributed by atoms with Gasteiger partial charge >= 0.3 is 5.97 Å². The van der Waals surface area contributed by atoms with Crippen molar-refractivity contribution >= 4 is 17.8 Å². The molecule has 0 bridgehead atoms. The van der Waals surface area contributed by atoms with Crippen LogP contribution >= 0.6 is 0 Å². The minimum atomic E-state index is -0.324. The van der Waals surface area contributed by atoms with Crippen LogP contribution in [0.4, 0.5) is 0 Å². The first-order valence-corrected chi connectivity index (χ1v) is 10.5. The summed E-state index contributed by atoms with van der Waals surface area (Å²) in [5.41, 5.74) is 4.25. The quantitative estimate of drug-likeness (QED) is 0.421. The zero-order chi connectivity index (χ0) is 21.3. The van der Waals surface area contributed by atoms with E-state index in [4.69, 9.17) is 19.2 Å². The van der Waals surface area contributed by atoms with Crippen molar-refractivity contribution in [2.75, 3.05) is 19.8 Å². The normalized spacial score (nSPS) is 13.0. The molecule has 1 aliphatic rings. The Bertz CT molecular complexity index is 929. The van der Waals surface area contributed by atoms with Crippen molar-refractivity contribution in [1.29, 1.82) is 0 Å². The Morgan fingerprint density at radius 2 is 1.67 bits per heavy atom. The number of aliphatic imine (C=N–C) groups is 1. The standard InChI is InChI=1S/C25H29NO4/c1-4-14-28-24-16-20-12-13-26-23(22(20)17-25(24)29-15-5-2)11-8-19-6-9-21(10-7-19)30-18(3)27/h6-11,16-17H,4-5,12-15H2,1-3H3. The molecule has 0 amide bonds. The van der Waals surface area contributed by atoms with E-state index >= 15 is 0 Å². The molecule has 0 spiro atoms. The summed E-state index contributed by atoms with van der Waals surface area (Å²) in [4.78, 5) is 15.8. The maximum atomic E-state index is 11.1.